The van der Waals surface area contributed by atoms with Crippen molar-refractivity contribution in [3.05, 3.63) is 35.5 Å². The number of fused-ring (bicyclic) bond motifs is 1. The molecular formula is C20H25N3O2. The molecule has 1 N–H and O–H groups in total. The number of hydrogen-bond donors (Lipinski definition) is 1. The number of benzene rings is 1. The first kappa shape index (κ1) is 16.3. The van der Waals surface area contributed by atoms with Gasteiger partial charge in [0.05, 0.1) is 6.04 Å². The van der Waals surface area contributed by atoms with Crippen LogP contribution in [0.25, 0.3) is 10.9 Å². The highest BCUT2D eigenvalue weighted by Gasteiger charge is 2.36. The molecule has 1 amide bonds. The van der Waals surface area contributed by atoms with Crippen LogP contribution in [0.5, 0.6) is 0 Å². The molecule has 5 nitrogen and oxygen atoms in total. The third-order valence-corrected chi connectivity index (χ3v) is 5.62. The zero-order valence-electron chi connectivity index (χ0n) is 14.9. The summed E-state index contributed by atoms with van der Waals surface area (Å²) in [7, 11) is 0. The molecule has 0 radical (unpaired) electrons. The average Bonchev–Trinajstić information content (AvgIpc) is 3.42. The van der Waals surface area contributed by atoms with Gasteiger partial charge in [0.15, 0.2) is 5.78 Å². The summed E-state index contributed by atoms with van der Waals surface area (Å²) in [5.74, 6) is 0.752. The van der Waals surface area contributed by atoms with E-state index >= 15 is 0 Å². The number of nitrogens with zero attached hydrogens (tertiary/aromatic N) is 2. The Labute approximate surface area is 148 Å². The SMILES string of the molecule is Cc1[nH]c2ccccc2c1C(=O)C(C)N1CCN(C(=O)C2CC2)CC1. The van der Waals surface area contributed by atoms with Gasteiger partial charge in [0, 0.05) is 54.3 Å². The molecule has 2 aromatic rings. The maximum atomic E-state index is 13.1. The number of rotatable bonds is 4. The molecule has 1 aliphatic heterocycles. The molecule has 0 spiro atoms. The zero-order chi connectivity index (χ0) is 17.6. The van der Waals surface area contributed by atoms with Gasteiger partial charge in [-0.15, -0.1) is 0 Å². The smallest absolute Gasteiger partial charge is 0.225 e. The van der Waals surface area contributed by atoms with Crippen molar-refractivity contribution >= 4 is 22.6 Å². The van der Waals surface area contributed by atoms with E-state index in [1.165, 1.54) is 0 Å². The lowest BCUT2D eigenvalue weighted by Gasteiger charge is -2.37. The molecule has 5 heteroatoms. The number of aromatic nitrogens is 1. The van der Waals surface area contributed by atoms with Crippen molar-refractivity contribution in [3.63, 3.8) is 0 Å². The molecule has 132 valence electrons. The number of piperazine rings is 1. The average molecular weight is 339 g/mol. The monoisotopic (exact) mass is 339 g/mol. The quantitative estimate of drug-likeness (QED) is 0.871. The number of carbonyl (C=O) groups excluding carboxylic acids is 2. The van der Waals surface area contributed by atoms with Gasteiger partial charge in [-0.1, -0.05) is 18.2 Å². The van der Waals surface area contributed by atoms with E-state index in [2.05, 4.69) is 9.88 Å². The summed E-state index contributed by atoms with van der Waals surface area (Å²) in [6.45, 7) is 6.97. The summed E-state index contributed by atoms with van der Waals surface area (Å²) in [6, 6.07) is 7.79. The highest BCUT2D eigenvalue weighted by Crippen LogP contribution is 2.31. The summed E-state index contributed by atoms with van der Waals surface area (Å²) < 4.78 is 0. The van der Waals surface area contributed by atoms with Gasteiger partial charge in [-0.25, -0.2) is 0 Å². The number of aromatic amines is 1. The Bertz CT molecular complexity index is 813. The lowest BCUT2D eigenvalue weighted by Crippen LogP contribution is -2.53. The van der Waals surface area contributed by atoms with Gasteiger partial charge >= 0.3 is 0 Å². The van der Waals surface area contributed by atoms with Crippen molar-refractivity contribution in [2.75, 3.05) is 26.2 Å². The van der Waals surface area contributed by atoms with Crippen LogP contribution in [0.4, 0.5) is 0 Å². The zero-order valence-corrected chi connectivity index (χ0v) is 14.9. The van der Waals surface area contributed by atoms with Gasteiger partial charge in [0.1, 0.15) is 0 Å². The summed E-state index contributed by atoms with van der Waals surface area (Å²) in [4.78, 5) is 32.8. The first-order chi connectivity index (χ1) is 12.1. The molecular weight excluding hydrogens is 314 g/mol. The predicted octanol–water partition coefficient (Wildman–Crippen LogP) is 2.60. The lowest BCUT2D eigenvalue weighted by atomic mass is 10.0. The highest BCUT2D eigenvalue weighted by atomic mass is 16.2. The molecule has 4 rings (SSSR count). The van der Waals surface area contributed by atoms with Crippen LogP contribution in [0.2, 0.25) is 0 Å². The molecule has 1 atom stereocenters. The summed E-state index contributed by atoms with van der Waals surface area (Å²) >= 11 is 0. The third-order valence-electron chi connectivity index (χ3n) is 5.62. The number of hydrogen-bond acceptors (Lipinski definition) is 3. The van der Waals surface area contributed by atoms with Crippen molar-refractivity contribution in [1.82, 2.24) is 14.8 Å². The number of aryl methyl sites for hydroxylation is 1. The first-order valence-electron chi connectivity index (χ1n) is 9.20. The normalized spacial score (nSPS) is 20.0. The van der Waals surface area contributed by atoms with Crippen molar-refractivity contribution in [3.8, 4) is 0 Å². The predicted molar refractivity (Wildman–Crippen MR) is 97.7 cm³/mol. The van der Waals surface area contributed by atoms with Gasteiger partial charge < -0.3 is 9.88 Å². The fourth-order valence-corrected chi connectivity index (χ4v) is 3.89. The second-order valence-electron chi connectivity index (χ2n) is 7.35. The van der Waals surface area contributed by atoms with Crippen LogP contribution >= 0.6 is 0 Å². The fourth-order valence-electron chi connectivity index (χ4n) is 3.89. The van der Waals surface area contributed by atoms with Gasteiger partial charge in [-0.05, 0) is 32.8 Å². The van der Waals surface area contributed by atoms with Crippen LogP contribution in [0, 0.1) is 12.8 Å². The molecule has 0 bridgehead atoms. The summed E-state index contributed by atoms with van der Waals surface area (Å²) in [5.41, 5.74) is 2.75. The molecule has 25 heavy (non-hydrogen) atoms. The van der Waals surface area contributed by atoms with E-state index in [0.29, 0.717) is 5.91 Å². The Morgan fingerprint density at radius 1 is 1.12 bits per heavy atom. The number of H-pyrrole nitrogens is 1. The number of ketones is 1. The second-order valence-corrected chi connectivity index (χ2v) is 7.35. The number of para-hydroxylation sites is 1. The fraction of sp³-hybridized carbons (Fsp3) is 0.500. The van der Waals surface area contributed by atoms with Crippen molar-refractivity contribution in [2.24, 2.45) is 5.92 Å². The van der Waals surface area contributed by atoms with Crippen LogP contribution in [0.3, 0.4) is 0 Å². The molecule has 1 aliphatic carbocycles. The van der Waals surface area contributed by atoms with E-state index in [1.807, 2.05) is 43.0 Å². The second kappa shape index (κ2) is 6.30. The molecule has 1 saturated heterocycles. The number of Topliss-reactive ketones (excluding diaryl/α,β-unsaturated/α-hetero) is 1. The molecule has 1 aromatic heterocycles. The maximum absolute atomic E-state index is 13.1. The van der Waals surface area contributed by atoms with E-state index in [1.54, 1.807) is 0 Å². The summed E-state index contributed by atoms with van der Waals surface area (Å²) in [5, 5.41) is 0.999. The highest BCUT2D eigenvalue weighted by molar-refractivity contribution is 6.11. The van der Waals surface area contributed by atoms with E-state index in [-0.39, 0.29) is 17.7 Å². The number of amides is 1. The van der Waals surface area contributed by atoms with Gasteiger partial charge in [-0.2, -0.15) is 0 Å². The molecule has 2 aliphatic rings. The number of nitrogens with one attached hydrogen (secondary N) is 1. The maximum Gasteiger partial charge on any atom is 0.225 e. The van der Waals surface area contributed by atoms with Crippen LogP contribution in [-0.4, -0.2) is 58.7 Å². The minimum atomic E-state index is -0.170. The minimum absolute atomic E-state index is 0.164. The molecule has 2 fully saturated rings. The molecule has 1 saturated carbocycles. The Kier molecular flexibility index (Phi) is 4.12. The molecule has 2 heterocycles. The Balaban J connectivity index is 1.47. The van der Waals surface area contributed by atoms with E-state index < -0.39 is 0 Å². The van der Waals surface area contributed by atoms with Crippen LogP contribution in [0.15, 0.2) is 24.3 Å². The first-order valence-corrected chi connectivity index (χ1v) is 9.20. The minimum Gasteiger partial charge on any atom is -0.358 e. The Hall–Kier alpha value is -2.14. The van der Waals surface area contributed by atoms with Crippen LogP contribution < -0.4 is 0 Å². The van der Waals surface area contributed by atoms with Crippen LogP contribution in [-0.2, 0) is 4.79 Å². The van der Waals surface area contributed by atoms with E-state index in [0.717, 1.165) is 61.2 Å². The largest absolute Gasteiger partial charge is 0.358 e. The topological polar surface area (TPSA) is 56.4 Å². The van der Waals surface area contributed by atoms with Crippen LogP contribution in [0.1, 0.15) is 35.8 Å². The number of carbonyl (C=O) groups is 2. The Morgan fingerprint density at radius 3 is 2.48 bits per heavy atom. The standard InChI is InChI=1S/C20H25N3O2/c1-13-18(16-5-3-4-6-17(16)21-13)19(24)14(2)22-9-11-23(12-10-22)20(25)15-7-8-15/h3-6,14-15,21H,7-12H2,1-2H3. The molecule has 1 aromatic carbocycles. The van der Waals surface area contributed by atoms with E-state index in [9.17, 15) is 9.59 Å². The lowest BCUT2D eigenvalue weighted by molar-refractivity contribution is -0.134. The summed E-state index contributed by atoms with van der Waals surface area (Å²) in [6.07, 6.45) is 2.10. The third kappa shape index (κ3) is 2.97. The van der Waals surface area contributed by atoms with Crippen molar-refractivity contribution in [2.45, 2.75) is 32.7 Å². The Morgan fingerprint density at radius 2 is 1.80 bits per heavy atom. The van der Waals surface area contributed by atoms with Gasteiger partial charge in [0.2, 0.25) is 5.91 Å². The van der Waals surface area contributed by atoms with Crippen molar-refractivity contribution < 1.29 is 9.59 Å². The molecule has 1 unspecified atom stereocenters. The van der Waals surface area contributed by atoms with E-state index in [4.69, 9.17) is 0 Å². The van der Waals surface area contributed by atoms with Gasteiger partial charge in [0.25, 0.3) is 0 Å². The van der Waals surface area contributed by atoms with Crippen molar-refractivity contribution in [1.29, 1.82) is 0 Å². The van der Waals surface area contributed by atoms with Gasteiger partial charge in [-0.3, -0.25) is 14.5 Å².